The van der Waals surface area contributed by atoms with Crippen molar-refractivity contribution in [2.75, 3.05) is 19.7 Å². The highest BCUT2D eigenvalue weighted by atomic mass is 32.2. The van der Waals surface area contributed by atoms with Gasteiger partial charge in [0.2, 0.25) is 10.0 Å². The molecule has 0 aromatic heterocycles. The fourth-order valence-electron chi connectivity index (χ4n) is 2.58. The van der Waals surface area contributed by atoms with Crippen molar-refractivity contribution in [1.82, 2.24) is 4.31 Å². The van der Waals surface area contributed by atoms with Gasteiger partial charge in [-0.05, 0) is 63.3 Å². The van der Waals surface area contributed by atoms with Crippen LogP contribution in [0.3, 0.4) is 0 Å². The van der Waals surface area contributed by atoms with Crippen LogP contribution in [0, 0.1) is 27.7 Å². The van der Waals surface area contributed by atoms with Gasteiger partial charge < -0.3 is 4.74 Å². The number of aryl methyl sites for hydroxylation is 2. The summed E-state index contributed by atoms with van der Waals surface area (Å²) in [6.45, 7) is 11.3. The van der Waals surface area contributed by atoms with Gasteiger partial charge in [0.1, 0.15) is 6.54 Å². The Kier molecular flexibility index (Phi) is 6.77. The lowest BCUT2D eigenvalue weighted by Crippen LogP contribution is -2.37. The third-order valence-corrected chi connectivity index (χ3v) is 6.10. The van der Waals surface area contributed by atoms with Crippen molar-refractivity contribution < 1.29 is 17.9 Å². The lowest BCUT2D eigenvalue weighted by Gasteiger charge is -2.24. The van der Waals surface area contributed by atoms with Crippen molar-refractivity contribution in [2.45, 2.75) is 52.9 Å². The van der Waals surface area contributed by atoms with E-state index >= 15 is 0 Å². The highest BCUT2D eigenvalue weighted by Gasteiger charge is 2.30. The molecule has 0 heterocycles. The summed E-state index contributed by atoms with van der Waals surface area (Å²) in [6, 6.07) is 1.99. The largest absolute Gasteiger partial charge is 0.465 e. The maximum Gasteiger partial charge on any atom is 0.321 e. The maximum atomic E-state index is 13.1. The normalized spacial score (nSPS) is 11.8. The number of carbonyl (C=O) groups is 1. The molecule has 0 aliphatic rings. The van der Waals surface area contributed by atoms with Crippen LogP contribution in [-0.4, -0.2) is 38.4 Å². The third-order valence-electron chi connectivity index (χ3n) is 3.98. The molecule has 0 amide bonds. The van der Waals surface area contributed by atoms with E-state index in [1.165, 1.54) is 4.31 Å². The van der Waals surface area contributed by atoms with Gasteiger partial charge in [-0.2, -0.15) is 4.31 Å². The van der Waals surface area contributed by atoms with Crippen LogP contribution in [0.4, 0.5) is 0 Å². The minimum Gasteiger partial charge on any atom is -0.465 e. The van der Waals surface area contributed by atoms with E-state index in [4.69, 9.17) is 4.74 Å². The van der Waals surface area contributed by atoms with Crippen LogP contribution in [-0.2, 0) is 19.6 Å². The van der Waals surface area contributed by atoms with Crippen molar-refractivity contribution in [2.24, 2.45) is 0 Å². The van der Waals surface area contributed by atoms with Gasteiger partial charge in [-0.15, -0.1) is 0 Å². The van der Waals surface area contributed by atoms with E-state index in [1.807, 2.05) is 40.7 Å². The van der Waals surface area contributed by atoms with Gasteiger partial charge in [-0.3, -0.25) is 4.79 Å². The molecule has 1 aromatic rings. The molecular weight excluding hydrogens is 314 g/mol. The van der Waals surface area contributed by atoms with Crippen LogP contribution >= 0.6 is 0 Å². The quantitative estimate of drug-likeness (QED) is 0.715. The minimum atomic E-state index is -3.75. The smallest absolute Gasteiger partial charge is 0.321 e. The van der Waals surface area contributed by atoms with E-state index in [2.05, 4.69) is 0 Å². The molecule has 0 bridgehead atoms. The first-order valence-corrected chi connectivity index (χ1v) is 9.33. The molecule has 23 heavy (non-hydrogen) atoms. The number of rotatable bonds is 7. The molecule has 1 aromatic carbocycles. The van der Waals surface area contributed by atoms with E-state index in [1.54, 1.807) is 6.92 Å². The molecular formula is C17H27NO4S. The predicted molar refractivity (Wildman–Crippen MR) is 91.1 cm³/mol. The number of esters is 1. The van der Waals surface area contributed by atoms with Gasteiger partial charge in [-0.25, -0.2) is 8.42 Å². The van der Waals surface area contributed by atoms with Gasteiger partial charge in [0.15, 0.2) is 0 Å². The number of benzene rings is 1. The second-order valence-electron chi connectivity index (χ2n) is 5.73. The Bertz CT molecular complexity index is 654. The molecule has 0 radical (unpaired) electrons. The van der Waals surface area contributed by atoms with Crippen molar-refractivity contribution >= 4 is 16.0 Å². The van der Waals surface area contributed by atoms with Crippen molar-refractivity contribution in [3.8, 4) is 0 Å². The Morgan fingerprint density at radius 1 is 1.09 bits per heavy atom. The summed E-state index contributed by atoms with van der Waals surface area (Å²) in [5.74, 6) is -0.524. The molecule has 0 atom stereocenters. The zero-order valence-corrected chi connectivity index (χ0v) is 15.7. The van der Waals surface area contributed by atoms with E-state index in [0.29, 0.717) is 11.3 Å². The van der Waals surface area contributed by atoms with E-state index in [0.717, 1.165) is 22.3 Å². The van der Waals surface area contributed by atoms with Gasteiger partial charge in [0.25, 0.3) is 0 Å². The first kappa shape index (κ1) is 19.6. The average molecular weight is 341 g/mol. The number of ether oxygens (including phenoxy) is 1. The Labute approximate surface area is 139 Å². The zero-order valence-electron chi connectivity index (χ0n) is 14.9. The fourth-order valence-corrected chi connectivity index (χ4v) is 4.63. The van der Waals surface area contributed by atoms with Crippen LogP contribution in [0.5, 0.6) is 0 Å². The van der Waals surface area contributed by atoms with Crippen LogP contribution < -0.4 is 0 Å². The van der Waals surface area contributed by atoms with Crippen LogP contribution in [0.15, 0.2) is 11.0 Å². The molecule has 5 nitrogen and oxygen atoms in total. The molecule has 0 spiro atoms. The Morgan fingerprint density at radius 2 is 1.61 bits per heavy atom. The number of carbonyl (C=O) groups excluding carboxylic acids is 1. The van der Waals surface area contributed by atoms with E-state index < -0.39 is 16.0 Å². The summed E-state index contributed by atoms with van der Waals surface area (Å²) in [7, 11) is -3.75. The lowest BCUT2D eigenvalue weighted by molar-refractivity contribution is -0.143. The highest BCUT2D eigenvalue weighted by molar-refractivity contribution is 7.89. The van der Waals surface area contributed by atoms with Crippen LogP contribution in [0.1, 0.15) is 42.5 Å². The minimum absolute atomic E-state index is 0.237. The number of hydrogen-bond acceptors (Lipinski definition) is 4. The Morgan fingerprint density at radius 3 is 2.04 bits per heavy atom. The summed E-state index contributed by atoms with van der Waals surface area (Å²) in [6.07, 6.45) is 0.627. The van der Waals surface area contributed by atoms with Gasteiger partial charge >= 0.3 is 5.97 Å². The molecule has 0 aliphatic carbocycles. The second-order valence-corrected chi connectivity index (χ2v) is 7.61. The molecule has 0 unspecified atom stereocenters. The second kappa shape index (κ2) is 7.93. The molecule has 0 saturated heterocycles. The summed E-state index contributed by atoms with van der Waals surface area (Å²) >= 11 is 0. The summed E-state index contributed by atoms with van der Waals surface area (Å²) < 4.78 is 32.4. The molecule has 0 aliphatic heterocycles. The highest BCUT2D eigenvalue weighted by Crippen LogP contribution is 2.28. The monoisotopic (exact) mass is 341 g/mol. The van der Waals surface area contributed by atoms with Gasteiger partial charge in [0.05, 0.1) is 11.5 Å². The van der Waals surface area contributed by atoms with Gasteiger partial charge in [0, 0.05) is 6.54 Å². The Hall–Kier alpha value is -1.40. The summed E-state index contributed by atoms with van der Waals surface area (Å²) in [5, 5.41) is 0. The first-order chi connectivity index (χ1) is 10.7. The summed E-state index contributed by atoms with van der Waals surface area (Å²) in [4.78, 5) is 12.1. The number of sulfonamides is 1. The number of nitrogens with zero attached hydrogens (tertiary/aromatic N) is 1. The standard InChI is InChI=1S/C17H27NO4S/c1-7-9-18(11-16(19)22-8-2)23(20,21)17-14(5)12(3)10-13(4)15(17)6/h10H,7-9,11H2,1-6H3. The topological polar surface area (TPSA) is 63.7 Å². The lowest BCUT2D eigenvalue weighted by atomic mass is 10.0. The average Bonchev–Trinajstić information content (AvgIpc) is 2.45. The van der Waals surface area contributed by atoms with Gasteiger partial charge in [-0.1, -0.05) is 13.0 Å². The molecule has 0 saturated carbocycles. The maximum absolute atomic E-state index is 13.1. The molecule has 0 N–H and O–H groups in total. The van der Waals surface area contributed by atoms with Crippen molar-refractivity contribution in [1.29, 1.82) is 0 Å². The molecule has 130 valence electrons. The third kappa shape index (κ3) is 4.32. The Balaban J connectivity index is 3.39. The first-order valence-electron chi connectivity index (χ1n) is 7.89. The predicted octanol–water partition coefficient (Wildman–Crippen LogP) is 2.88. The van der Waals surface area contributed by atoms with Crippen molar-refractivity contribution in [3.05, 3.63) is 28.3 Å². The van der Waals surface area contributed by atoms with E-state index in [-0.39, 0.29) is 19.7 Å². The molecule has 0 fully saturated rings. The van der Waals surface area contributed by atoms with Crippen LogP contribution in [0.25, 0.3) is 0 Å². The fraction of sp³-hybridized carbons (Fsp3) is 0.588. The van der Waals surface area contributed by atoms with E-state index in [9.17, 15) is 13.2 Å². The SMILES string of the molecule is CCCN(CC(=O)OCC)S(=O)(=O)c1c(C)c(C)cc(C)c1C. The zero-order chi connectivity index (χ0) is 17.8. The molecule has 1 rings (SSSR count). The van der Waals surface area contributed by atoms with Crippen molar-refractivity contribution in [3.63, 3.8) is 0 Å². The number of hydrogen-bond donors (Lipinski definition) is 0. The summed E-state index contributed by atoms with van der Waals surface area (Å²) in [5.41, 5.74) is 3.33. The van der Waals surface area contributed by atoms with Crippen LogP contribution in [0.2, 0.25) is 0 Å². The molecule has 6 heteroatoms.